The van der Waals surface area contributed by atoms with Gasteiger partial charge < -0.3 is 10.1 Å². The van der Waals surface area contributed by atoms with E-state index < -0.39 is 0 Å². The topological polar surface area (TPSA) is 50.4 Å². The van der Waals surface area contributed by atoms with Crippen LogP contribution in [-0.4, -0.2) is 18.1 Å². The van der Waals surface area contributed by atoms with Crippen LogP contribution in [-0.2, 0) is 0 Å². The first-order valence-electron chi connectivity index (χ1n) is 6.11. The zero-order valence-electron chi connectivity index (χ0n) is 11.2. The summed E-state index contributed by atoms with van der Waals surface area (Å²) in [5, 5.41) is 5.81. The molecule has 0 spiro atoms. The van der Waals surface area contributed by atoms with Gasteiger partial charge in [0, 0.05) is 10.2 Å². The number of halogens is 1. The molecule has 0 bridgehead atoms. The Morgan fingerprint density at radius 3 is 2.43 bits per heavy atom. The van der Waals surface area contributed by atoms with Crippen LogP contribution >= 0.6 is 28.1 Å². The van der Waals surface area contributed by atoms with Gasteiger partial charge in [-0.15, -0.1) is 0 Å². The fourth-order valence-corrected chi connectivity index (χ4v) is 2.33. The molecule has 0 atom stereocenters. The summed E-state index contributed by atoms with van der Waals surface area (Å²) in [4.78, 5) is 12.1. The minimum atomic E-state index is -0.270. The number of rotatable bonds is 3. The van der Waals surface area contributed by atoms with Crippen LogP contribution in [0.1, 0.15) is 10.4 Å². The molecule has 1 amide bonds. The molecule has 0 radical (unpaired) electrons. The molecule has 0 aliphatic heterocycles. The lowest BCUT2D eigenvalue weighted by atomic mass is 10.2. The monoisotopic (exact) mass is 364 g/mol. The second-order valence-corrected chi connectivity index (χ2v) is 5.38. The molecule has 0 saturated heterocycles. The molecule has 6 heteroatoms. The molecule has 2 aromatic rings. The maximum absolute atomic E-state index is 12.1. The lowest BCUT2D eigenvalue weighted by molar-refractivity contribution is 0.0977. The van der Waals surface area contributed by atoms with Crippen LogP contribution in [0.5, 0.6) is 5.75 Å². The quantitative estimate of drug-likeness (QED) is 0.817. The molecule has 0 heterocycles. The molecule has 0 aliphatic rings. The molecule has 2 N–H and O–H groups in total. The largest absolute Gasteiger partial charge is 0.497 e. The van der Waals surface area contributed by atoms with Crippen molar-refractivity contribution in [2.75, 3.05) is 12.4 Å². The number of methoxy groups -OCH3 is 1. The molecule has 2 aromatic carbocycles. The summed E-state index contributed by atoms with van der Waals surface area (Å²) >= 11 is 8.46. The highest BCUT2D eigenvalue weighted by Crippen LogP contribution is 2.16. The second kappa shape index (κ2) is 7.19. The number of carbonyl (C=O) groups excluding carboxylic acids is 1. The highest BCUT2D eigenvalue weighted by atomic mass is 79.9. The van der Waals surface area contributed by atoms with Crippen molar-refractivity contribution >= 4 is 44.9 Å². The van der Waals surface area contributed by atoms with E-state index in [0.29, 0.717) is 5.56 Å². The zero-order valence-corrected chi connectivity index (χ0v) is 13.6. The van der Waals surface area contributed by atoms with Crippen molar-refractivity contribution in [2.24, 2.45) is 0 Å². The van der Waals surface area contributed by atoms with Gasteiger partial charge in [0.1, 0.15) is 5.75 Å². The Morgan fingerprint density at radius 1 is 1.14 bits per heavy atom. The highest BCUT2D eigenvalue weighted by Gasteiger charge is 2.10. The number of anilines is 1. The predicted octanol–water partition coefficient (Wildman–Crippen LogP) is 3.58. The summed E-state index contributed by atoms with van der Waals surface area (Å²) in [5.74, 6) is 0.484. The SMILES string of the molecule is COc1ccc(NC(=S)NC(=O)c2ccccc2Br)cc1. The molecular formula is C15H13BrN2O2S. The minimum Gasteiger partial charge on any atom is -0.497 e. The van der Waals surface area contributed by atoms with Crippen LogP contribution in [0.2, 0.25) is 0 Å². The van der Waals surface area contributed by atoms with Crippen molar-refractivity contribution in [1.29, 1.82) is 0 Å². The Hall–Kier alpha value is -1.92. The van der Waals surface area contributed by atoms with Gasteiger partial charge in [-0.2, -0.15) is 0 Å². The predicted molar refractivity (Wildman–Crippen MR) is 90.8 cm³/mol. The third-order valence-electron chi connectivity index (χ3n) is 2.69. The van der Waals surface area contributed by atoms with Gasteiger partial charge in [-0.3, -0.25) is 10.1 Å². The Morgan fingerprint density at radius 2 is 1.81 bits per heavy atom. The first kappa shape index (κ1) is 15.5. The lowest BCUT2D eigenvalue weighted by Crippen LogP contribution is -2.34. The van der Waals surface area contributed by atoms with Crippen molar-refractivity contribution in [1.82, 2.24) is 5.32 Å². The Kier molecular flexibility index (Phi) is 5.30. The average molecular weight is 365 g/mol. The fraction of sp³-hybridized carbons (Fsp3) is 0.0667. The van der Waals surface area contributed by atoms with Crippen molar-refractivity contribution in [2.45, 2.75) is 0 Å². The fourth-order valence-electron chi connectivity index (χ4n) is 1.65. The highest BCUT2D eigenvalue weighted by molar-refractivity contribution is 9.10. The second-order valence-electron chi connectivity index (χ2n) is 4.12. The van der Waals surface area contributed by atoms with Crippen LogP contribution in [0.25, 0.3) is 0 Å². The van der Waals surface area contributed by atoms with Crippen molar-refractivity contribution < 1.29 is 9.53 Å². The van der Waals surface area contributed by atoms with Crippen molar-refractivity contribution in [3.8, 4) is 5.75 Å². The zero-order chi connectivity index (χ0) is 15.2. The Bertz CT molecular complexity index is 659. The van der Waals surface area contributed by atoms with Gasteiger partial charge in [0.05, 0.1) is 12.7 Å². The van der Waals surface area contributed by atoms with E-state index in [0.717, 1.165) is 15.9 Å². The maximum Gasteiger partial charge on any atom is 0.258 e. The smallest absolute Gasteiger partial charge is 0.258 e. The van der Waals surface area contributed by atoms with Crippen LogP contribution in [0, 0.1) is 0 Å². The summed E-state index contributed by atoms with van der Waals surface area (Å²) in [5.41, 5.74) is 1.30. The van der Waals surface area contributed by atoms with E-state index in [4.69, 9.17) is 17.0 Å². The van der Waals surface area contributed by atoms with E-state index in [1.54, 1.807) is 37.4 Å². The number of hydrogen-bond donors (Lipinski definition) is 2. The van der Waals surface area contributed by atoms with E-state index in [-0.39, 0.29) is 11.0 Å². The van der Waals surface area contributed by atoms with Crippen LogP contribution in [0.4, 0.5) is 5.69 Å². The molecule has 4 nitrogen and oxygen atoms in total. The molecule has 0 aromatic heterocycles. The van der Waals surface area contributed by atoms with E-state index in [2.05, 4.69) is 26.6 Å². The number of nitrogens with one attached hydrogen (secondary N) is 2. The van der Waals surface area contributed by atoms with Crippen molar-refractivity contribution in [3.63, 3.8) is 0 Å². The van der Waals surface area contributed by atoms with Gasteiger partial charge in [0.2, 0.25) is 0 Å². The van der Waals surface area contributed by atoms with Gasteiger partial charge in [-0.25, -0.2) is 0 Å². The summed E-state index contributed by atoms with van der Waals surface area (Å²) in [7, 11) is 1.60. The normalized spacial score (nSPS) is 9.81. The van der Waals surface area contributed by atoms with E-state index >= 15 is 0 Å². The summed E-state index contributed by atoms with van der Waals surface area (Å²) in [6, 6.07) is 14.4. The summed E-state index contributed by atoms with van der Waals surface area (Å²) in [6.45, 7) is 0. The molecule has 0 unspecified atom stereocenters. The van der Waals surface area contributed by atoms with E-state index in [1.165, 1.54) is 0 Å². The van der Waals surface area contributed by atoms with Crippen LogP contribution in [0.15, 0.2) is 53.0 Å². The van der Waals surface area contributed by atoms with Gasteiger partial charge in [0.15, 0.2) is 5.11 Å². The molecule has 0 aliphatic carbocycles. The molecule has 2 rings (SSSR count). The summed E-state index contributed by atoms with van der Waals surface area (Å²) in [6.07, 6.45) is 0. The standard InChI is InChI=1S/C15H13BrN2O2S/c1-20-11-8-6-10(7-9-11)17-15(21)18-14(19)12-4-2-3-5-13(12)16/h2-9H,1H3,(H2,17,18,19,21). The Balaban J connectivity index is 1.98. The third-order valence-corrected chi connectivity index (χ3v) is 3.59. The lowest BCUT2D eigenvalue weighted by Gasteiger charge is -2.10. The average Bonchev–Trinajstić information content (AvgIpc) is 2.48. The molecule has 108 valence electrons. The molecule has 0 fully saturated rings. The van der Waals surface area contributed by atoms with Gasteiger partial charge in [0.25, 0.3) is 5.91 Å². The maximum atomic E-state index is 12.1. The van der Waals surface area contributed by atoms with E-state index in [1.807, 2.05) is 18.2 Å². The van der Waals surface area contributed by atoms with Crippen LogP contribution < -0.4 is 15.4 Å². The molecule has 21 heavy (non-hydrogen) atoms. The van der Waals surface area contributed by atoms with Crippen LogP contribution in [0.3, 0.4) is 0 Å². The number of benzene rings is 2. The van der Waals surface area contributed by atoms with E-state index in [9.17, 15) is 4.79 Å². The number of ether oxygens (including phenoxy) is 1. The molecule has 0 saturated carbocycles. The van der Waals surface area contributed by atoms with Gasteiger partial charge in [-0.05, 0) is 64.5 Å². The molecular weight excluding hydrogens is 352 g/mol. The van der Waals surface area contributed by atoms with Gasteiger partial charge in [-0.1, -0.05) is 12.1 Å². The minimum absolute atomic E-state index is 0.237. The summed E-state index contributed by atoms with van der Waals surface area (Å²) < 4.78 is 5.79. The van der Waals surface area contributed by atoms with Gasteiger partial charge >= 0.3 is 0 Å². The number of amides is 1. The number of carbonyl (C=O) groups is 1. The Labute approximate surface area is 136 Å². The first-order valence-corrected chi connectivity index (χ1v) is 7.31. The van der Waals surface area contributed by atoms with Crippen molar-refractivity contribution in [3.05, 3.63) is 58.6 Å². The third kappa shape index (κ3) is 4.27. The number of hydrogen-bond acceptors (Lipinski definition) is 3. The first-order chi connectivity index (χ1) is 10.1. The number of thiocarbonyl (C=S) groups is 1.